The quantitative estimate of drug-likeness (QED) is 0.682. The second-order valence-corrected chi connectivity index (χ2v) is 8.42. The van der Waals surface area contributed by atoms with Crippen LogP contribution in [-0.2, 0) is 0 Å². The molecule has 27 heavy (non-hydrogen) atoms. The van der Waals surface area contributed by atoms with E-state index in [1.165, 1.54) is 17.0 Å². The molecule has 6 heteroatoms. The zero-order valence-corrected chi connectivity index (χ0v) is 17.0. The van der Waals surface area contributed by atoms with Crippen molar-refractivity contribution in [1.82, 2.24) is 4.90 Å². The van der Waals surface area contributed by atoms with Gasteiger partial charge in [0.2, 0.25) is 0 Å². The summed E-state index contributed by atoms with van der Waals surface area (Å²) in [6, 6.07) is 14.0. The number of nitrogens with zero attached hydrogens (tertiary/aromatic N) is 2. The average Bonchev–Trinajstić information content (AvgIpc) is 3.01. The molecule has 1 saturated heterocycles. The van der Waals surface area contributed by atoms with Crippen molar-refractivity contribution >= 4 is 50.3 Å². The molecule has 1 N–H and O–H groups in total. The van der Waals surface area contributed by atoms with E-state index < -0.39 is 0 Å². The molecule has 2 heterocycles. The molecular formula is C21H22ClN3OS. The van der Waals surface area contributed by atoms with Crippen molar-refractivity contribution < 1.29 is 4.79 Å². The van der Waals surface area contributed by atoms with E-state index in [1.54, 1.807) is 0 Å². The number of halogens is 1. The second kappa shape index (κ2) is 7.50. The third-order valence-electron chi connectivity index (χ3n) is 5.07. The Morgan fingerprint density at radius 2 is 1.85 bits per heavy atom. The molecule has 140 valence electrons. The Morgan fingerprint density at radius 3 is 2.56 bits per heavy atom. The van der Waals surface area contributed by atoms with Crippen molar-refractivity contribution in [1.29, 1.82) is 0 Å². The Morgan fingerprint density at radius 1 is 1.11 bits per heavy atom. The molecular weight excluding hydrogens is 378 g/mol. The molecule has 2 aromatic carbocycles. The maximum absolute atomic E-state index is 12.8. The van der Waals surface area contributed by atoms with Crippen LogP contribution in [0.2, 0.25) is 5.02 Å². The molecule has 1 aromatic heterocycles. The monoisotopic (exact) mass is 399 g/mol. The van der Waals surface area contributed by atoms with Crippen LogP contribution in [0.25, 0.3) is 10.1 Å². The number of hydrogen-bond acceptors (Lipinski definition) is 4. The zero-order valence-electron chi connectivity index (χ0n) is 15.5. The normalized spacial score (nSPS) is 15.3. The van der Waals surface area contributed by atoms with Crippen LogP contribution in [0.1, 0.15) is 15.2 Å². The lowest BCUT2D eigenvalue weighted by Gasteiger charge is -2.34. The van der Waals surface area contributed by atoms with Crippen molar-refractivity contribution in [3.8, 4) is 0 Å². The molecule has 1 amide bonds. The maximum atomic E-state index is 12.8. The Bertz CT molecular complexity index is 992. The number of fused-ring (bicyclic) bond motifs is 1. The van der Waals surface area contributed by atoms with Gasteiger partial charge in [0.25, 0.3) is 5.91 Å². The van der Waals surface area contributed by atoms with Gasteiger partial charge in [-0.3, -0.25) is 4.79 Å². The molecule has 0 bridgehead atoms. The van der Waals surface area contributed by atoms with Gasteiger partial charge in [0.05, 0.1) is 5.02 Å². The summed E-state index contributed by atoms with van der Waals surface area (Å²) in [5, 5.41) is 4.48. The molecule has 0 atom stereocenters. The van der Waals surface area contributed by atoms with Gasteiger partial charge in [-0.25, -0.2) is 0 Å². The number of piperazine rings is 1. The fourth-order valence-corrected chi connectivity index (χ4v) is 4.80. The van der Waals surface area contributed by atoms with Crippen molar-refractivity contribution in [2.24, 2.45) is 0 Å². The van der Waals surface area contributed by atoms with E-state index in [1.807, 2.05) is 37.3 Å². The minimum Gasteiger partial charge on any atom is -0.369 e. The highest BCUT2D eigenvalue weighted by atomic mass is 35.5. The van der Waals surface area contributed by atoms with Crippen molar-refractivity contribution in [3.63, 3.8) is 0 Å². The van der Waals surface area contributed by atoms with E-state index in [4.69, 9.17) is 11.6 Å². The molecule has 1 aliphatic heterocycles. The van der Waals surface area contributed by atoms with E-state index in [0.29, 0.717) is 9.90 Å². The van der Waals surface area contributed by atoms with Crippen LogP contribution in [-0.4, -0.2) is 44.0 Å². The number of carbonyl (C=O) groups is 1. The van der Waals surface area contributed by atoms with Crippen LogP contribution in [0.5, 0.6) is 0 Å². The number of hydrogen-bond donors (Lipinski definition) is 1. The molecule has 4 rings (SSSR count). The number of rotatable bonds is 3. The van der Waals surface area contributed by atoms with E-state index in [9.17, 15) is 4.79 Å². The maximum Gasteiger partial charge on any atom is 0.267 e. The van der Waals surface area contributed by atoms with Gasteiger partial charge in [-0.2, -0.15) is 0 Å². The molecule has 1 aliphatic rings. The van der Waals surface area contributed by atoms with Crippen molar-refractivity contribution in [2.45, 2.75) is 6.92 Å². The summed E-state index contributed by atoms with van der Waals surface area (Å²) in [4.78, 5) is 18.1. The Balaban J connectivity index is 1.53. The first kappa shape index (κ1) is 18.3. The molecule has 0 radical (unpaired) electrons. The van der Waals surface area contributed by atoms with Crippen LogP contribution in [0.3, 0.4) is 0 Å². The van der Waals surface area contributed by atoms with Crippen LogP contribution in [0.4, 0.5) is 11.4 Å². The standard InChI is InChI=1S/C21H22ClN3OS/c1-14-13-15(25-11-9-24(2)10-12-25)7-8-17(14)23-21(26)20-19(22)16-5-3-4-6-18(16)27-20/h3-8,13H,9-12H2,1-2H3,(H,23,26). The van der Waals surface area contributed by atoms with Gasteiger partial charge < -0.3 is 15.1 Å². The van der Waals surface area contributed by atoms with Crippen LogP contribution in [0.15, 0.2) is 42.5 Å². The lowest BCUT2D eigenvalue weighted by Crippen LogP contribution is -2.44. The fraction of sp³-hybridized carbons (Fsp3) is 0.286. The van der Waals surface area contributed by atoms with Crippen LogP contribution < -0.4 is 10.2 Å². The molecule has 1 fully saturated rings. The van der Waals surface area contributed by atoms with Gasteiger partial charge >= 0.3 is 0 Å². The summed E-state index contributed by atoms with van der Waals surface area (Å²) in [6.07, 6.45) is 0. The van der Waals surface area contributed by atoms with Gasteiger partial charge in [-0.05, 0) is 43.8 Å². The summed E-state index contributed by atoms with van der Waals surface area (Å²) in [5.74, 6) is -0.156. The first-order chi connectivity index (χ1) is 13.0. The summed E-state index contributed by atoms with van der Waals surface area (Å²) >= 11 is 7.86. The van der Waals surface area contributed by atoms with Gasteiger partial charge in [-0.15, -0.1) is 11.3 Å². The van der Waals surface area contributed by atoms with E-state index in [0.717, 1.165) is 47.5 Å². The number of nitrogens with one attached hydrogen (secondary N) is 1. The summed E-state index contributed by atoms with van der Waals surface area (Å²) in [6.45, 7) is 6.23. The Labute approximate surface area is 168 Å². The molecule has 3 aromatic rings. The lowest BCUT2D eigenvalue weighted by molar-refractivity contribution is 0.103. The first-order valence-corrected chi connectivity index (χ1v) is 10.2. The van der Waals surface area contributed by atoms with Crippen LogP contribution in [0, 0.1) is 6.92 Å². The Hall–Kier alpha value is -2.08. The minimum atomic E-state index is -0.156. The number of likely N-dealkylation sites (N-methyl/N-ethyl adjacent to an activating group) is 1. The minimum absolute atomic E-state index is 0.156. The highest BCUT2D eigenvalue weighted by molar-refractivity contribution is 7.21. The smallest absolute Gasteiger partial charge is 0.267 e. The number of aryl methyl sites for hydroxylation is 1. The summed E-state index contributed by atoms with van der Waals surface area (Å²) in [7, 11) is 2.15. The summed E-state index contributed by atoms with van der Waals surface area (Å²) < 4.78 is 1.02. The highest BCUT2D eigenvalue weighted by Gasteiger charge is 2.19. The zero-order chi connectivity index (χ0) is 19.0. The molecule has 4 nitrogen and oxygen atoms in total. The lowest BCUT2D eigenvalue weighted by atomic mass is 10.1. The predicted octanol–water partition coefficient (Wildman–Crippen LogP) is 4.87. The van der Waals surface area contributed by atoms with E-state index in [-0.39, 0.29) is 5.91 Å². The van der Waals surface area contributed by atoms with Gasteiger partial charge in [0.1, 0.15) is 4.88 Å². The van der Waals surface area contributed by atoms with Gasteiger partial charge in [-0.1, -0.05) is 29.8 Å². The van der Waals surface area contributed by atoms with E-state index >= 15 is 0 Å². The van der Waals surface area contributed by atoms with Gasteiger partial charge in [0.15, 0.2) is 0 Å². The number of anilines is 2. The summed E-state index contributed by atoms with van der Waals surface area (Å²) in [5.41, 5.74) is 3.09. The third-order valence-corrected chi connectivity index (χ3v) is 6.74. The second-order valence-electron chi connectivity index (χ2n) is 6.99. The third kappa shape index (κ3) is 3.68. The SMILES string of the molecule is Cc1cc(N2CCN(C)CC2)ccc1NC(=O)c1sc2ccccc2c1Cl. The number of thiophene rings is 1. The predicted molar refractivity (Wildman–Crippen MR) is 116 cm³/mol. The highest BCUT2D eigenvalue weighted by Crippen LogP contribution is 2.35. The molecule has 0 spiro atoms. The number of carbonyl (C=O) groups excluding carboxylic acids is 1. The van der Waals surface area contributed by atoms with E-state index in [2.05, 4.69) is 34.3 Å². The topological polar surface area (TPSA) is 35.6 Å². The van der Waals surface area contributed by atoms with Gasteiger partial charge in [0, 0.05) is 47.6 Å². The Kier molecular flexibility index (Phi) is 5.08. The molecule has 0 aliphatic carbocycles. The van der Waals surface area contributed by atoms with Crippen molar-refractivity contribution in [2.75, 3.05) is 43.4 Å². The molecule has 0 unspecified atom stereocenters. The molecule has 0 saturated carbocycles. The largest absolute Gasteiger partial charge is 0.369 e. The number of amides is 1. The average molecular weight is 400 g/mol. The van der Waals surface area contributed by atoms with Crippen molar-refractivity contribution in [3.05, 3.63) is 57.9 Å². The van der Waals surface area contributed by atoms with Crippen LogP contribution >= 0.6 is 22.9 Å². The fourth-order valence-electron chi connectivity index (χ4n) is 3.39. The number of benzene rings is 2. The first-order valence-electron chi connectivity index (χ1n) is 9.05.